The molecule has 3 atom stereocenters. The van der Waals surface area contributed by atoms with Gasteiger partial charge in [0.25, 0.3) is 0 Å². The maximum Gasteiger partial charge on any atom is 0.310 e. The van der Waals surface area contributed by atoms with Gasteiger partial charge in [-0.2, -0.15) is 5.10 Å². The number of rotatable bonds is 2. The molecule has 1 aromatic heterocycles. The molecule has 0 aliphatic heterocycles. The van der Waals surface area contributed by atoms with Gasteiger partial charge in [-0.15, -0.1) is 5.10 Å². The topological polar surface area (TPSA) is 52.1 Å². The van der Waals surface area contributed by atoms with E-state index in [9.17, 15) is 4.79 Å². The van der Waals surface area contributed by atoms with E-state index >= 15 is 0 Å². The van der Waals surface area contributed by atoms with E-state index in [1.165, 1.54) is 5.56 Å². The number of ether oxygens (including phenoxy) is 1. The van der Waals surface area contributed by atoms with Crippen molar-refractivity contribution < 1.29 is 9.53 Å². The summed E-state index contributed by atoms with van der Waals surface area (Å²) in [6.45, 7) is 9.94. The van der Waals surface area contributed by atoms with Crippen LogP contribution in [0.5, 0.6) is 0 Å². The van der Waals surface area contributed by atoms with Crippen molar-refractivity contribution in [2.24, 2.45) is 11.3 Å². The highest BCUT2D eigenvalue weighted by atomic mass is 16.6. The summed E-state index contributed by atoms with van der Waals surface area (Å²) in [7, 11) is 0. The van der Waals surface area contributed by atoms with Gasteiger partial charge in [0.2, 0.25) is 0 Å². The molecule has 0 radical (unpaired) electrons. The first-order valence-electron chi connectivity index (χ1n) is 10.3. The Kier molecular flexibility index (Phi) is 6.07. The van der Waals surface area contributed by atoms with Crippen LogP contribution in [0, 0.1) is 30.1 Å². The Morgan fingerprint density at radius 2 is 1.93 bits per heavy atom. The van der Waals surface area contributed by atoms with Gasteiger partial charge in [0, 0.05) is 11.6 Å². The monoisotopic (exact) mass is 390 g/mol. The summed E-state index contributed by atoms with van der Waals surface area (Å²) in [4.78, 5) is 13.0. The van der Waals surface area contributed by atoms with Gasteiger partial charge in [-0.05, 0) is 82.9 Å². The molecule has 4 heteroatoms. The van der Waals surface area contributed by atoms with E-state index in [4.69, 9.17) is 4.74 Å². The molecule has 3 rings (SSSR count). The Balaban J connectivity index is 1.89. The summed E-state index contributed by atoms with van der Waals surface area (Å²) < 4.78 is 5.75. The summed E-state index contributed by atoms with van der Waals surface area (Å²) >= 11 is 0. The van der Waals surface area contributed by atoms with Gasteiger partial charge in [0.05, 0.1) is 5.92 Å². The molecule has 4 nitrogen and oxygen atoms in total. The van der Waals surface area contributed by atoms with Crippen molar-refractivity contribution in [1.29, 1.82) is 0 Å². The van der Waals surface area contributed by atoms with Crippen molar-refractivity contribution in [3.8, 4) is 11.8 Å². The third kappa shape index (κ3) is 5.44. The Hall–Kier alpha value is -2.67. The van der Waals surface area contributed by atoms with Crippen molar-refractivity contribution in [1.82, 2.24) is 10.2 Å². The lowest BCUT2D eigenvalue weighted by Crippen LogP contribution is -2.37. The van der Waals surface area contributed by atoms with Crippen LogP contribution in [0.2, 0.25) is 0 Å². The fraction of sp³-hybridized carbons (Fsp3) is 0.480. The maximum absolute atomic E-state index is 13.0. The van der Waals surface area contributed by atoms with E-state index in [0.717, 1.165) is 30.5 Å². The first kappa shape index (κ1) is 21.0. The number of aromatic nitrogens is 2. The number of hydrogen-bond acceptors (Lipinski definition) is 4. The number of nitrogens with zero attached hydrogens (tertiary/aromatic N) is 2. The molecule has 1 saturated carbocycles. The molecule has 0 bridgehead atoms. The second-order valence-electron chi connectivity index (χ2n) is 9.27. The first-order chi connectivity index (χ1) is 13.7. The van der Waals surface area contributed by atoms with Crippen LogP contribution in [-0.4, -0.2) is 21.8 Å². The smallest absolute Gasteiger partial charge is 0.310 e. The van der Waals surface area contributed by atoms with Crippen LogP contribution in [0.25, 0.3) is 0 Å². The van der Waals surface area contributed by atoms with E-state index in [0.29, 0.717) is 0 Å². The van der Waals surface area contributed by atoms with Crippen molar-refractivity contribution in [3.05, 3.63) is 59.4 Å². The van der Waals surface area contributed by atoms with E-state index in [1.54, 1.807) is 6.20 Å². The normalized spacial score (nSPS) is 24.3. The lowest BCUT2D eigenvalue weighted by molar-refractivity contribution is -0.162. The molecule has 1 aliphatic rings. The van der Waals surface area contributed by atoms with Gasteiger partial charge in [-0.3, -0.25) is 4.79 Å². The van der Waals surface area contributed by atoms with Crippen LogP contribution in [-0.2, 0) is 9.53 Å². The highest BCUT2D eigenvalue weighted by Crippen LogP contribution is 2.47. The van der Waals surface area contributed by atoms with Gasteiger partial charge in [-0.25, -0.2) is 0 Å². The molecule has 1 fully saturated rings. The SMILES string of the molecule is Cc1ccnnc1C#CC1(C)CC[C@@H](C(=O)OC(C)(C)C)[C@H](c2ccccc2)C1. The molecule has 1 aromatic carbocycles. The van der Waals surface area contributed by atoms with Gasteiger partial charge >= 0.3 is 5.97 Å². The highest BCUT2D eigenvalue weighted by Gasteiger charge is 2.42. The molecule has 1 aliphatic carbocycles. The van der Waals surface area contributed by atoms with Crippen molar-refractivity contribution in [3.63, 3.8) is 0 Å². The number of hydrogen-bond donors (Lipinski definition) is 0. The minimum Gasteiger partial charge on any atom is -0.460 e. The average molecular weight is 391 g/mol. The second-order valence-corrected chi connectivity index (χ2v) is 9.27. The standard InChI is InChI=1S/C25H30N2O2/c1-18-13-16-26-27-22(18)12-15-25(5)14-11-20(23(28)29-24(2,3)4)21(17-25)19-9-7-6-8-10-19/h6-10,13,16,20-21H,11,14,17H2,1-5H3/t20-,21+,25?/m1/s1. The zero-order valence-electron chi connectivity index (χ0n) is 18.0. The maximum atomic E-state index is 13.0. The third-order valence-corrected chi connectivity index (χ3v) is 5.51. The van der Waals surface area contributed by atoms with Gasteiger partial charge in [0.1, 0.15) is 11.3 Å². The van der Waals surface area contributed by atoms with Gasteiger partial charge < -0.3 is 4.74 Å². The minimum atomic E-state index is -0.484. The van der Waals surface area contributed by atoms with Crippen molar-refractivity contribution >= 4 is 5.97 Å². The van der Waals surface area contributed by atoms with Crippen LogP contribution in [0.1, 0.15) is 69.7 Å². The third-order valence-electron chi connectivity index (χ3n) is 5.51. The molecule has 0 amide bonds. The average Bonchev–Trinajstić information content (AvgIpc) is 2.66. The largest absolute Gasteiger partial charge is 0.460 e. The fourth-order valence-corrected chi connectivity index (χ4v) is 3.96. The summed E-state index contributed by atoms with van der Waals surface area (Å²) in [6, 6.07) is 12.2. The zero-order valence-corrected chi connectivity index (χ0v) is 18.0. The van der Waals surface area contributed by atoms with Crippen molar-refractivity contribution in [2.75, 3.05) is 0 Å². The predicted molar refractivity (Wildman–Crippen MR) is 114 cm³/mol. The molecule has 0 N–H and O–H groups in total. The summed E-state index contributed by atoms with van der Waals surface area (Å²) in [5.41, 5.74) is 2.25. The van der Waals surface area contributed by atoms with E-state index in [2.05, 4.69) is 41.1 Å². The Morgan fingerprint density at radius 3 is 2.59 bits per heavy atom. The number of benzene rings is 1. The molecular weight excluding hydrogens is 360 g/mol. The molecule has 0 spiro atoms. The summed E-state index contributed by atoms with van der Waals surface area (Å²) in [5.74, 6) is 6.53. The van der Waals surface area contributed by atoms with E-state index in [-0.39, 0.29) is 23.2 Å². The minimum absolute atomic E-state index is 0.0852. The number of carbonyl (C=O) groups is 1. The van der Waals surface area contributed by atoms with Crippen LogP contribution < -0.4 is 0 Å². The lowest BCUT2D eigenvalue weighted by atomic mass is 9.64. The molecule has 2 aromatic rings. The van der Waals surface area contributed by atoms with Crippen molar-refractivity contribution in [2.45, 2.75) is 65.4 Å². The van der Waals surface area contributed by atoms with E-state index < -0.39 is 5.60 Å². The Morgan fingerprint density at radius 1 is 1.21 bits per heavy atom. The van der Waals surface area contributed by atoms with Crippen LogP contribution in [0.4, 0.5) is 0 Å². The highest BCUT2D eigenvalue weighted by molar-refractivity contribution is 5.74. The quantitative estimate of drug-likeness (QED) is 0.531. The van der Waals surface area contributed by atoms with Crippen LogP contribution >= 0.6 is 0 Å². The summed E-state index contributed by atoms with van der Waals surface area (Å²) in [5, 5.41) is 8.11. The van der Waals surface area contributed by atoms with Crippen LogP contribution in [0.3, 0.4) is 0 Å². The lowest BCUT2D eigenvalue weighted by Gasteiger charge is -2.40. The molecular formula is C25H30N2O2. The Labute approximate surface area is 174 Å². The zero-order chi connectivity index (χ0) is 21.1. The van der Waals surface area contributed by atoms with Gasteiger partial charge in [-0.1, -0.05) is 36.3 Å². The number of carbonyl (C=O) groups excluding carboxylic acids is 1. The first-order valence-corrected chi connectivity index (χ1v) is 10.3. The summed E-state index contributed by atoms with van der Waals surface area (Å²) in [6.07, 6.45) is 4.11. The molecule has 29 heavy (non-hydrogen) atoms. The molecule has 0 saturated heterocycles. The number of aryl methyl sites for hydroxylation is 1. The molecule has 1 heterocycles. The molecule has 1 unspecified atom stereocenters. The Bertz CT molecular complexity index is 921. The number of esters is 1. The van der Waals surface area contributed by atoms with Crippen LogP contribution in [0.15, 0.2) is 42.6 Å². The second kappa shape index (κ2) is 8.37. The van der Waals surface area contributed by atoms with E-state index in [1.807, 2.05) is 52.0 Å². The predicted octanol–water partition coefficient (Wildman–Crippen LogP) is 5.07. The molecule has 152 valence electrons. The fourth-order valence-electron chi connectivity index (χ4n) is 3.96. The van der Waals surface area contributed by atoms with Gasteiger partial charge in [0.15, 0.2) is 0 Å².